The molecule has 1 aliphatic rings. The number of hydrogen-bond acceptors (Lipinski definition) is 6. The lowest BCUT2D eigenvalue weighted by Gasteiger charge is -2.34. The number of ether oxygens (including phenoxy) is 1. The number of nitrogens with zero attached hydrogens (tertiary/aromatic N) is 5. The number of rotatable bonds is 4. The fourth-order valence-electron chi connectivity index (χ4n) is 2.67. The Bertz CT molecular complexity index is 793. The Morgan fingerprint density at radius 2 is 2.20 bits per heavy atom. The molecule has 0 saturated carbocycles. The van der Waals surface area contributed by atoms with Crippen LogP contribution in [0.5, 0.6) is 0 Å². The van der Waals surface area contributed by atoms with Crippen molar-refractivity contribution in [3.63, 3.8) is 0 Å². The highest BCUT2D eigenvalue weighted by atomic mass is 16.5. The van der Waals surface area contributed by atoms with E-state index in [4.69, 9.17) is 11.3 Å². The van der Waals surface area contributed by atoms with Gasteiger partial charge in [0.25, 0.3) is 5.54 Å². The smallest absolute Gasteiger partial charge is 0.268 e. The molecule has 8 heteroatoms. The van der Waals surface area contributed by atoms with Crippen LogP contribution in [0.1, 0.15) is 32.2 Å². The van der Waals surface area contributed by atoms with Gasteiger partial charge in [0.1, 0.15) is 11.5 Å². The summed E-state index contributed by atoms with van der Waals surface area (Å²) in [5.74, 6) is 1.89. The molecule has 8 nitrogen and oxygen atoms in total. The van der Waals surface area contributed by atoms with E-state index in [1.807, 2.05) is 32.9 Å². The minimum absolute atomic E-state index is 0.216. The van der Waals surface area contributed by atoms with Crippen molar-refractivity contribution < 1.29 is 4.74 Å². The Morgan fingerprint density at radius 1 is 1.40 bits per heavy atom. The van der Waals surface area contributed by atoms with Gasteiger partial charge < -0.3 is 19.8 Å². The Labute approximate surface area is 147 Å². The van der Waals surface area contributed by atoms with Crippen molar-refractivity contribution in [2.45, 2.75) is 39.3 Å². The van der Waals surface area contributed by atoms with Crippen molar-refractivity contribution >= 4 is 17.6 Å². The predicted octanol–water partition coefficient (Wildman–Crippen LogP) is 2.63. The second-order valence-electron chi connectivity index (χ2n) is 6.78. The Morgan fingerprint density at radius 3 is 2.84 bits per heavy atom. The highest BCUT2D eigenvalue weighted by Crippen LogP contribution is 2.29. The quantitative estimate of drug-likeness (QED) is 0.832. The molecular weight excluding hydrogens is 318 g/mol. The lowest BCUT2D eigenvalue weighted by molar-refractivity contribution is 0.0985. The monoisotopic (exact) mass is 341 g/mol. The zero-order valence-electron chi connectivity index (χ0n) is 15.0. The summed E-state index contributed by atoms with van der Waals surface area (Å²) in [5.41, 5.74) is 0.897. The maximum Gasteiger partial charge on any atom is 0.268 e. The number of morpholine rings is 1. The fraction of sp³-hybridized carbons (Fsp3) is 0.529. The first-order chi connectivity index (χ1) is 11.9. The van der Waals surface area contributed by atoms with Crippen LogP contribution in [0, 0.1) is 13.5 Å². The molecule has 3 heterocycles. The van der Waals surface area contributed by atoms with Crippen LogP contribution in [0.3, 0.4) is 0 Å². The Kier molecular flexibility index (Phi) is 4.59. The first-order valence-corrected chi connectivity index (χ1v) is 8.30. The molecule has 0 radical (unpaired) electrons. The maximum atomic E-state index is 7.49. The molecule has 132 valence electrons. The van der Waals surface area contributed by atoms with Crippen LogP contribution in [-0.2, 0) is 10.3 Å². The zero-order chi connectivity index (χ0) is 18.0. The molecule has 0 unspecified atom stereocenters. The van der Waals surface area contributed by atoms with E-state index >= 15 is 0 Å². The standard InChI is InChI=1S/C17H23N7O/c1-11-8-14(23-22-11)20-16-19-13(17(3,4)18-5)9-15(21-16)24-6-7-25-10-12(24)2/h8-9,12H,6-7,10H2,1-4H3,(H2,19,20,21,22,23)/t12-/m1/s1. The summed E-state index contributed by atoms with van der Waals surface area (Å²) in [4.78, 5) is 15.1. The molecule has 25 heavy (non-hydrogen) atoms. The van der Waals surface area contributed by atoms with Gasteiger partial charge in [0.2, 0.25) is 5.95 Å². The highest BCUT2D eigenvalue weighted by molar-refractivity contribution is 5.53. The van der Waals surface area contributed by atoms with Gasteiger partial charge >= 0.3 is 0 Å². The molecule has 3 rings (SSSR count). The van der Waals surface area contributed by atoms with E-state index in [0.29, 0.717) is 30.7 Å². The van der Waals surface area contributed by atoms with Crippen LogP contribution >= 0.6 is 0 Å². The molecule has 0 spiro atoms. The van der Waals surface area contributed by atoms with Gasteiger partial charge in [0.15, 0.2) is 5.82 Å². The number of aromatic amines is 1. The molecule has 1 aliphatic heterocycles. The minimum Gasteiger partial charge on any atom is -0.377 e. The van der Waals surface area contributed by atoms with Crippen molar-refractivity contribution in [2.24, 2.45) is 0 Å². The van der Waals surface area contributed by atoms with Crippen molar-refractivity contribution in [3.8, 4) is 0 Å². The molecule has 1 atom stereocenters. The first kappa shape index (κ1) is 17.2. The van der Waals surface area contributed by atoms with Gasteiger partial charge in [-0.1, -0.05) is 0 Å². The molecule has 0 amide bonds. The molecule has 1 fully saturated rings. The third-order valence-electron chi connectivity index (χ3n) is 4.23. The van der Waals surface area contributed by atoms with Crippen molar-refractivity contribution in [2.75, 3.05) is 30.0 Å². The largest absolute Gasteiger partial charge is 0.377 e. The van der Waals surface area contributed by atoms with Crippen LogP contribution < -0.4 is 10.2 Å². The van der Waals surface area contributed by atoms with Crippen LogP contribution in [0.15, 0.2) is 12.1 Å². The molecule has 2 aromatic rings. The number of aryl methyl sites for hydroxylation is 1. The van der Waals surface area contributed by atoms with Crippen molar-refractivity contribution in [1.82, 2.24) is 20.2 Å². The second-order valence-corrected chi connectivity index (χ2v) is 6.78. The number of hydrogen-bond donors (Lipinski definition) is 2. The number of H-pyrrole nitrogens is 1. The lowest BCUT2D eigenvalue weighted by atomic mass is 10.0. The third-order valence-corrected chi connectivity index (χ3v) is 4.23. The van der Waals surface area contributed by atoms with E-state index in [0.717, 1.165) is 18.1 Å². The fourth-order valence-corrected chi connectivity index (χ4v) is 2.67. The van der Waals surface area contributed by atoms with Crippen LogP contribution in [0.4, 0.5) is 17.6 Å². The van der Waals surface area contributed by atoms with Crippen LogP contribution in [-0.4, -0.2) is 46.0 Å². The third kappa shape index (κ3) is 3.72. The molecule has 0 bridgehead atoms. The SMILES string of the molecule is [C-]#[N+]C(C)(C)c1cc(N2CCOC[C@H]2C)nc(Nc2cc(C)[nH]n2)n1. The van der Waals surface area contributed by atoms with Gasteiger partial charge in [0.05, 0.1) is 19.3 Å². The summed E-state index contributed by atoms with van der Waals surface area (Å²) in [6.45, 7) is 17.3. The van der Waals surface area contributed by atoms with Gasteiger partial charge in [-0.25, -0.2) is 11.6 Å². The van der Waals surface area contributed by atoms with E-state index in [9.17, 15) is 0 Å². The van der Waals surface area contributed by atoms with Crippen molar-refractivity contribution in [1.29, 1.82) is 0 Å². The average molecular weight is 341 g/mol. The van der Waals surface area contributed by atoms with Crippen molar-refractivity contribution in [3.05, 3.63) is 34.9 Å². The molecular formula is C17H23N7O. The van der Waals surface area contributed by atoms with Gasteiger partial charge in [-0.3, -0.25) is 5.10 Å². The summed E-state index contributed by atoms with van der Waals surface area (Å²) >= 11 is 0. The Balaban J connectivity index is 2.00. The Hall–Kier alpha value is -2.66. The molecule has 2 N–H and O–H groups in total. The normalized spacial score (nSPS) is 18.0. The van der Waals surface area contributed by atoms with Gasteiger partial charge in [-0.2, -0.15) is 10.1 Å². The maximum absolute atomic E-state index is 7.49. The summed E-state index contributed by atoms with van der Waals surface area (Å²) in [7, 11) is 0. The van der Waals surface area contributed by atoms with E-state index in [1.165, 1.54) is 0 Å². The number of aromatic nitrogens is 4. The van der Waals surface area contributed by atoms with E-state index in [-0.39, 0.29) is 6.04 Å². The topological polar surface area (TPSA) is 83.3 Å². The lowest BCUT2D eigenvalue weighted by Crippen LogP contribution is -2.44. The van der Waals surface area contributed by atoms with Gasteiger partial charge in [0, 0.05) is 38.2 Å². The van der Waals surface area contributed by atoms with E-state index in [1.54, 1.807) is 0 Å². The first-order valence-electron chi connectivity index (χ1n) is 8.30. The number of nitrogens with one attached hydrogen (secondary N) is 2. The second kappa shape index (κ2) is 6.69. The minimum atomic E-state index is -0.731. The van der Waals surface area contributed by atoms with Crippen LogP contribution in [0.2, 0.25) is 0 Å². The highest BCUT2D eigenvalue weighted by Gasteiger charge is 2.31. The zero-order valence-corrected chi connectivity index (χ0v) is 15.0. The number of anilines is 3. The van der Waals surface area contributed by atoms with E-state index in [2.05, 4.69) is 42.2 Å². The molecule has 0 aromatic carbocycles. The summed E-state index contributed by atoms with van der Waals surface area (Å²) in [6, 6.07) is 4.00. The summed E-state index contributed by atoms with van der Waals surface area (Å²) in [6.07, 6.45) is 0. The molecule has 2 aromatic heterocycles. The van der Waals surface area contributed by atoms with Gasteiger partial charge in [-0.15, -0.1) is 0 Å². The van der Waals surface area contributed by atoms with Gasteiger partial charge in [-0.05, 0) is 13.8 Å². The summed E-state index contributed by atoms with van der Waals surface area (Å²) < 4.78 is 5.52. The van der Waals surface area contributed by atoms with Crippen LogP contribution in [0.25, 0.3) is 4.85 Å². The van der Waals surface area contributed by atoms with E-state index < -0.39 is 5.54 Å². The molecule has 1 saturated heterocycles. The predicted molar refractivity (Wildman–Crippen MR) is 95.9 cm³/mol. The molecule has 0 aliphatic carbocycles. The summed E-state index contributed by atoms with van der Waals surface area (Å²) in [5, 5.41) is 10.2. The average Bonchev–Trinajstić information content (AvgIpc) is 3.00.